The van der Waals surface area contributed by atoms with Gasteiger partial charge in [-0.15, -0.1) is 0 Å². The summed E-state index contributed by atoms with van der Waals surface area (Å²) >= 11 is 1.61. The van der Waals surface area contributed by atoms with Crippen LogP contribution in [0.25, 0.3) is 0 Å². The zero-order valence-electron chi connectivity index (χ0n) is 20.3. The van der Waals surface area contributed by atoms with Crippen LogP contribution in [-0.2, 0) is 16.0 Å². The quantitative estimate of drug-likeness (QED) is 0.539. The van der Waals surface area contributed by atoms with E-state index < -0.39 is 12.0 Å². The summed E-state index contributed by atoms with van der Waals surface area (Å²) in [6, 6.07) is 10.1. The van der Waals surface area contributed by atoms with E-state index in [0.717, 1.165) is 28.2 Å². The third-order valence-electron chi connectivity index (χ3n) is 5.96. The number of esters is 1. The molecule has 2 aromatic carbocycles. The molecular formula is C25H32N2O6S. The Kier molecular flexibility index (Phi) is 8.92. The van der Waals surface area contributed by atoms with Gasteiger partial charge in [0.1, 0.15) is 11.8 Å². The van der Waals surface area contributed by atoms with Crippen LogP contribution in [0.4, 0.5) is 4.79 Å². The third kappa shape index (κ3) is 5.52. The summed E-state index contributed by atoms with van der Waals surface area (Å²) in [5, 5.41) is 2.89. The molecule has 0 fully saturated rings. The minimum atomic E-state index is -0.715. The summed E-state index contributed by atoms with van der Waals surface area (Å²) < 4.78 is 21.3. The second-order valence-electron chi connectivity index (χ2n) is 7.83. The van der Waals surface area contributed by atoms with E-state index in [-0.39, 0.29) is 12.1 Å². The van der Waals surface area contributed by atoms with Gasteiger partial charge in [0.25, 0.3) is 0 Å². The minimum absolute atomic E-state index is 0.322. The number of methoxy groups -OCH3 is 4. The molecule has 2 amide bonds. The van der Waals surface area contributed by atoms with Crippen LogP contribution in [0.1, 0.15) is 29.2 Å². The maximum absolute atomic E-state index is 13.5. The zero-order valence-corrected chi connectivity index (χ0v) is 21.1. The van der Waals surface area contributed by atoms with Gasteiger partial charge in [-0.1, -0.05) is 12.1 Å². The predicted octanol–water partition coefficient (Wildman–Crippen LogP) is 3.66. The molecule has 0 unspecified atom stereocenters. The first-order valence-corrected chi connectivity index (χ1v) is 12.4. The average Bonchev–Trinajstić information content (AvgIpc) is 2.88. The number of ether oxygens (including phenoxy) is 4. The fourth-order valence-corrected chi connectivity index (χ4v) is 4.64. The lowest BCUT2D eigenvalue weighted by atomic mass is 9.87. The van der Waals surface area contributed by atoms with Gasteiger partial charge in [0, 0.05) is 6.54 Å². The number of fused-ring (bicyclic) bond motifs is 1. The number of hydrogen-bond donors (Lipinski definition) is 1. The molecule has 1 N–H and O–H groups in total. The summed E-state index contributed by atoms with van der Waals surface area (Å²) in [5.41, 5.74) is 2.94. The van der Waals surface area contributed by atoms with Crippen molar-refractivity contribution in [3.8, 4) is 17.2 Å². The van der Waals surface area contributed by atoms with Crippen molar-refractivity contribution in [3.05, 3.63) is 53.1 Å². The van der Waals surface area contributed by atoms with E-state index >= 15 is 0 Å². The fourth-order valence-electron chi connectivity index (χ4n) is 4.17. The Morgan fingerprint density at radius 2 is 1.74 bits per heavy atom. The molecular weight excluding hydrogens is 456 g/mol. The highest BCUT2D eigenvalue weighted by atomic mass is 32.2. The van der Waals surface area contributed by atoms with Gasteiger partial charge in [-0.2, -0.15) is 11.8 Å². The number of nitrogens with one attached hydrogen (secondary N) is 1. The van der Waals surface area contributed by atoms with Crippen LogP contribution in [0.15, 0.2) is 36.4 Å². The molecule has 8 nitrogen and oxygen atoms in total. The normalized spacial score (nSPS) is 15.7. The van der Waals surface area contributed by atoms with Crippen molar-refractivity contribution in [2.75, 3.05) is 47.0 Å². The van der Waals surface area contributed by atoms with Crippen LogP contribution < -0.4 is 19.5 Å². The largest absolute Gasteiger partial charge is 0.497 e. The monoisotopic (exact) mass is 488 g/mol. The Morgan fingerprint density at radius 3 is 2.32 bits per heavy atom. The predicted molar refractivity (Wildman–Crippen MR) is 132 cm³/mol. The van der Waals surface area contributed by atoms with Gasteiger partial charge in [0.05, 0.1) is 34.5 Å². The summed E-state index contributed by atoms with van der Waals surface area (Å²) in [6.45, 7) is 0.474. The SMILES string of the molecule is COC(=O)[C@H](CCSC)NC(=O)N1CCc2cc(OC)c(OC)cc2[C@H]1c1ccc(OC)cc1. The highest BCUT2D eigenvalue weighted by molar-refractivity contribution is 7.98. The first-order chi connectivity index (χ1) is 16.5. The second kappa shape index (κ2) is 11.9. The first kappa shape index (κ1) is 25.6. The van der Waals surface area contributed by atoms with Gasteiger partial charge in [0.2, 0.25) is 0 Å². The fraction of sp³-hybridized carbons (Fsp3) is 0.440. The number of carbonyl (C=O) groups is 2. The van der Waals surface area contributed by atoms with Crippen molar-refractivity contribution in [2.45, 2.75) is 24.9 Å². The lowest BCUT2D eigenvalue weighted by Gasteiger charge is -2.38. The highest BCUT2D eigenvalue weighted by Crippen LogP contribution is 2.41. The Bertz CT molecular complexity index is 998. The summed E-state index contributed by atoms with van der Waals surface area (Å²) in [7, 11) is 6.14. The van der Waals surface area contributed by atoms with Gasteiger partial charge in [-0.25, -0.2) is 9.59 Å². The van der Waals surface area contributed by atoms with Crippen molar-refractivity contribution < 1.29 is 28.5 Å². The highest BCUT2D eigenvalue weighted by Gasteiger charge is 2.35. The van der Waals surface area contributed by atoms with Gasteiger partial charge in [0.15, 0.2) is 11.5 Å². The molecule has 9 heteroatoms. The van der Waals surface area contributed by atoms with E-state index in [9.17, 15) is 9.59 Å². The van der Waals surface area contributed by atoms with E-state index in [1.807, 2.05) is 42.7 Å². The number of benzene rings is 2. The van der Waals surface area contributed by atoms with E-state index in [0.29, 0.717) is 30.9 Å². The van der Waals surface area contributed by atoms with Crippen LogP contribution in [0.2, 0.25) is 0 Å². The summed E-state index contributed by atoms with van der Waals surface area (Å²) in [5.74, 6) is 2.24. The molecule has 2 aromatic rings. The molecule has 0 spiro atoms. The van der Waals surface area contributed by atoms with Crippen LogP contribution in [-0.4, -0.2) is 69.9 Å². The molecule has 0 saturated carbocycles. The Hall–Kier alpha value is -3.07. The Balaban J connectivity index is 2.01. The summed E-state index contributed by atoms with van der Waals surface area (Å²) in [4.78, 5) is 27.6. The third-order valence-corrected chi connectivity index (χ3v) is 6.60. The molecule has 34 heavy (non-hydrogen) atoms. The Labute approximate surface area is 204 Å². The lowest BCUT2D eigenvalue weighted by Crippen LogP contribution is -2.51. The molecule has 3 rings (SSSR count). The standard InChI is InChI=1S/C25H32N2O6S/c1-30-18-8-6-16(7-9-18)23-19-15-22(32-3)21(31-2)14-17(19)10-12-27(23)25(29)26-20(11-13-34-5)24(28)33-4/h6-9,14-15,20,23H,10-13H2,1-5H3,(H,26,29)/t20-,23+/m0/s1. The van der Waals surface area contributed by atoms with Gasteiger partial charge >= 0.3 is 12.0 Å². The van der Waals surface area contributed by atoms with E-state index in [1.54, 1.807) is 38.0 Å². The summed E-state index contributed by atoms with van der Waals surface area (Å²) in [6.07, 6.45) is 3.09. The number of nitrogens with zero attached hydrogens (tertiary/aromatic N) is 1. The number of thioether (sulfide) groups is 1. The van der Waals surface area contributed by atoms with E-state index in [1.165, 1.54) is 7.11 Å². The van der Waals surface area contributed by atoms with Gasteiger partial charge < -0.3 is 29.2 Å². The molecule has 184 valence electrons. The number of hydrogen-bond acceptors (Lipinski definition) is 7. The molecule has 0 bridgehead atoms. The van der Waals surface area contributed by atoms with E-state index in [2.05, 4.69) is 5.32 Å². The molecule has 2 atom stereocenters. The number of carbonyl (C=O) groups excluding carboxylic acids is 2. The van der Waals surface area contributed by atoms with Crippen LogP contribution in [0, 0.1) is 0 Å². The molecule has 1 aliphatic rings. The van der Waals surface area contributed by atoms with E-state index in [4.69, 9.17) is 18.9 Å². The van der Waals surface area contributed by atoms with Crippen LogP contribution in [0.5, 0.6) is 17.2 Å². The van der Waals surface area contributed by atoms with Gasteiger partial charge in [-0.05, 0) is 65.8 Å². The number of amides is 2. The zero-order chi connectivity index (χ0) is 24.7. The minimum Gasteiger partial charge on any atom is -0.497 e. The van der Waals surface area contributed by atoms with Gasteiger partial charge in [-0.3, -0.25) is 0 Å². The first-order valence-electron chi connectivity index (χ1n) is 11.0. The Morgan fingerprint density at radius 1 is 1.06 bits per heavy atom. The van der Waals surface area contributed by atoms with Crippen LogP contribution >= 0.6 is 11.8 Å². The number of urea groups is 1. The second-order valence-corrected chi connectivity index (χ2v) is 8.82. The molecule has 0 aliphatic carbocycles. The molecule has 1 heterocycles. The van der Waals surface area contributed by atoms with Crippen molar-refractivity contribution >= 4 is 23.8 Å². The van der Waals surface area contributed by atoms with Crippen molar-refractivity contribution in [3.63, 3.8) is 0 Å². The molecule has 1 aliphatic heterocycles. The van der Waals surface area contributed by atoms with Crippen molar-refractivity contribution in [2.24, 2.45) is 0 Å². The maximum atomic E-state index is 13.5. The maximum Gasteiger partial charge on any atom is 0.328 e. The molecule has 0 radical (unpaired) electrons. The topological polar surface area (TPSA) is 86.3 Å². The smallest absolute Gasteiger partial charge is 0.328 e. The van der Waals surface area contributed by atoms with Crippen molar-refractivity contribution in [1.29, 1.82) is 0 Å². The van der Waals surface area contributed by atoms with Crippen LogP contribution in [0.3, 0.4) is 0 Å². The number of rotatable bonds is 9. The molecule has 0 aromatic heterocycles. The molecule has 0 saturated heterocycles. The average molecular weight is 489 g/mol. The van der Waals surface area contributed by atoms with Crippen molar-refractivity contribution in [1.82, 2.24) is 10.2 Å². The lowest BCUT2D eigenvalue weighted by molar-refractivity contribution is -0.142.